The number of hydrogen-bond donors (Lipinski definition) is 1. The Labute approximate surface area is 109 Å². The van der Waals surface area contributed by atoms with Gasteiger partial charge in [0.05, 0.1) is 6.54 Å². The van der Waals surface area contributed by atoms with Gasteiger partial charge in [0, 0.05) is 11.9 Å². The monoisotopic (exact) mass is 243 g/mol. The number of benzene rings is 1. The molecule has 3 nitrogen and oxygen atoms in total. The minimum atomic E-state index is 0.862. The molecule has 0 aliphatic rings. The van der Waals surface area contributed by atoms with E-state index in [2.05, 4.69) is 48.5 Å². The van der Waals surface area contributed by atoms with Crippen molar-refractivity contribution < 1.29 is 0 Å². The number of likely N-dealkylation sites (N-methyl/N-ethyl adjacent to an activating group) is 1. The maximum Gasteiger partial charge on any atom is 0.0665 e. The molecular weight excluding hydrogens is 222 g/mol. The molecule has 0 aliphatic carbocycles. The van der Waals surface area contributed by atoms with Gasteiger partial charge in [-0.2, -0.15) is 5.10 Å². The third kappa shape index (κ3) is 3.20. The van der Waals surface area contributed by atoms with Crippen LogP contribution < -0.4 is 5.32 Å². The van der Waals surface area contributed by atoms with Crippen LogP contribution in [0.3, 0.4) is 0 Å². The molecule has 0 saturated heterocycles. The molecule has 0 saturated carbocycles. The molecule has 3 heteroatoms. The third-order valence-electron chi connectivity index (χ3n) is 3.19. The molecule has 0 atom stereocenters. The number of rotatable bonds is 6. The summed E-state index contributed by atoms with van der Waals surface area (Å²) in [5.74, 6) is 0. The van der Waals surface area contributed by atoms with Crippen molar-refractivity contribution in [1.29, 1.82) is 0 Å². The normalized spacial score (nSPS) is 10.8. The molecule has 0 spiro atoms. The van der Waals surface area contributed by atoms with E-state index in [9.17, 15) is 0 Å². The Morgan fingerprint density at radius 1 is 1.17 bits per heavy atom. The smallest absolute Gasteiger partial charge is 0.0665 e. The molecule has 1 N–H and O–H groups in total. The SMILES string of the molecule is CCNCCc1ccccc1Cn1nccc1C. The number of nitrogens with zero attached hydrogens (tertiary/aromatic N) is 2. The van der Waals surface area contributed by atoms with Gasteiger partial charge < -0.3 is 5.32 Å². The van der Waals surface area contributed by atoms with Crippen molar-refractivity contribution in [3.8, 4) is 0 Å². The summed E-state index contributed by atoms with van der Waals surface area (Å²) in [5, 5.41) is 7.72. The molecule has 1 aromatic heterocycles. The minimum Gasteiger partial charge on any atom is -0.317 e. The first-order valence-electron chi connectivity index (χ1n) is 6.57. The molecule has 18 heavy (non-hydrogen) atoms. The zero-order valence-corrected chi connectivity index (χ0v) is 11.2. The zero-order chi connectivity index (χ0) is 12.8. The molecular formula is C15H21N3. The van der Waals surface area contributed by atoms with Crippen LogP contribution in [0.25, 0.3) is 0 Å². The van der Waals surface area contributed by atoms with Crippen LogP contribution in [0, 0.1) is 6.92 Å². The first-order chi connectivity index (χ1) is 8.81. The van der Waals surface area contributed by atoms with Crippen LogP contribution in [0.5, 0.6) is 0 Å². The van der Waals surface area contributed by atoms with Crippen molar-refractivity contribution in [2.75, 3.05) is 13.1 Å². The van der Waals surface area contributed by atoms with Crippen molar-refractivity contribution in [3.63, 3.8) is 0 Å². The Morgan fingerprint density at radius 2 is 1.94 bits per heavy atom. The van der Waals surface area contributed by atoms with Gasteiger partial charge in [-0.3, -0.25) is 4.68 Å². The predicted molar refractivity (Wildman–Crippen MR) is 74.8 cm³/mol. The van der Waals surface area contributed by atoms with E-state index in [4.69, 9.17) is 0 Å². The molecule has 0 amide bonds. The molecule has 1 heterocycles. The van der Waals surface area contributed by atoms with Gasteiger partial charge in [0.1, 0.15) is 0 Å². The molecule has 0 fully saturated rings. The molecule has 2 rings (SSSR count). The molecule has 0 unspecified atom stereocenters. The largest absolute Gasteiger partial charge is 0.317 e. The molecule has 2 aromatic rings. The van der Waals surface area contributed by atoms with Crippen LogP contribution in [-0.4, -0.2) is 22.9 Å². The average Bonchev–Trinajstić information content (AvgIpc) is 2.78. The van der Waals surface area contributed by atoms with Crippen molar-refractivity contribution >= 4 is 0 Å². The maximum absolute atomic E-state index is 4.35. The predicted octanol–water partition coefficient (Wildman–Crippen LogP) is 2.39. The average molecular weight is 243 g/mol. The van der Waals surface area contributed by atoms with Crippen LogP contribution in [0.15, 0.2) is 36.5 Å². The number of aromatic nitrogens is 2. The van der Waals surface area contributed by atoms with Crippen LogP contribution >= 0.6 is 0 Å². The van der Waals surface area contributed by atoms with Gasteiger partial charge >= 0.3 is 0 Å². The van der Waals surface area contributed by atoms with Crippen molar-refractivity contribution in [3.05, 3.63) is 53.3 Å². The lowest BCUT2D eigenvalue weighted by atomic mass is 10.0. The third-order valence-corrected chi connectivity index (χ3v) is 3.19. The lowest BCUT2D eigenvalue weighted by Gasteiger charge is -2.11. The second kappa shape index (κ2) is 6.36. The highest BCUT2D eigenvalue weighted by Gasteiger charge is 2.04. The lowest BCUT2D eigenvalue weighted by Crippen LogP contribution is -2.17. The highest BCUT2D eigenvalue weighted by Crippen LogP contribution is 2.12. The summed E-state index contributed by atoms with van der Waals surface area (Å²) in [6, 6.07) is 10.7. The van der Waals surface area contributed by atoms with Crippen LogP contribution in [-0.2, 0) is 13.0 Å². The molecule has 96 valence electrons. The highest BCUT2D eigenvalue weighted by molar-refractivity contribution is 5.28. The minimum absolute atomic E-state index is 0.862. The fourth-order valence-corrected chi connectivity index (χ4v) is 2.08. The van der Waals surface area contributed by atoms with Crippen LogP contribution in [0.1, 0.15) is 23.7 Å². The summed E-state index contributed by atoms with van der Waals surface area (Å²) in [6.07, 6.45) is 2.93. The Kier molecular flexibility index (Phi) is 4.53. The Bertz CT molecular complexity index is 488. The topological polar surface area (TPSA) is 29.9 Å². The highest BCUT2D eigenvalue weighted by atomic mass is 15.3. The van der Waals surface area contributed by atoms with E-state index in [0.717, 1.165) is 26.1 Å². The Balaban J connectivity index is 2.10. The molecule has 0 aliphatic heterocycles. The van der Waals surface area contributed by atoms with E-state index in [-0.39, 0.29) is 0 Å². The van der Waals surface area contributed by atoms with E-state index in [1.54, 1.807) is 0 Å². The van der Waals surface area contributed by atoms with Crippen molar-refractivity contribution in [2.24, 2.45) is 0 Å². The van der Waals surface area contributed by atoms with Gasteiger partial charge in [-0.05, 0) is 43.6 Å². The zero-order valence-electron chi connectivity index (χ0n) is 11.2. The quantitative estimate of drug-likeness (QED) is 0.790. The summed E-state index contributed by atoms with van der Waals surface area (Å²) in [7, 11) is 0. The van der Waals surface area contributed by atoms with Gasteiger partial charge in [0.2, 0.25) is 0 Å². The second-order valence-corrected chi connectivity index (χ2v) is 4.50. The fourth-order valence-electron chi connectivity index (χ4n) is 2.08. The van der Waals surface area contributed by atoms with E-state index in [1.807, 2.05) is 16.9 Å². The summed E-state index contributed by atoms with van der Waals surface area (Å²) < 4.78 is 2.05. The summed E-state index contributed by atoms with van der Waals surface area (Å²) in [4.78, 5) is 0. The van der Waals surface area contributed by atoms with Gasteiger partial charge in [0.25, 0.3) is 0 Å². The Hall–Kier alpha value is -1.61. The van der Waals surface area contributed by atoms with Gasteiger partial charge in [-0.15, -0.1) is 0 Å². The number of nitrogens with one attached hydrogen (secondary N) is 1. The maximum atomic E-state index is 4.35. The fraction of sp³-hybridized carbons (Fsp3) is 0.400. The summed E-state index contributed by atoms with van der Waals surface area (Å²) in [5.41, 5.74) is 3.98. The van der Waals surface area contributed by atoms with Crippen molar-refractivity contribution in [1.82, 2.24) is 15.1 Å². The van der Waals surface area contributed by atoms with Gasteiger partial charge in [0.15, 0.2) is 0 Å². The lowest BCUT2D eigenvalue weighted by molar-refractivity contribution is 0.654. The van der Waals surface area contributed by atoms with E-state index in [0.29, 0.717) is 0 Å². The summed E-state index contributed by atoms with van der Waals surface area (Å²) in [6.45, 7) is 7.15. The van der Waals surface area contributed by atoms with Crippen LogP contribution in [0.4, 0.5) is 0 Å². The standard InChI is InChI=1S/C15H21N3/c1-3-16-10-9-14-6-4-5-7-15(14)12-18-13(2)8-11-17-18/h4-8,11,16H,3,9-10,12H2,1-2H3. The number of aryl methyl sites for hydroxylation is 1. The van der Waals surface area contributed by atoms with E-state index < -0.39 is 0 Å². The van der Waals surface area contributed by atoms with Crippen LogP contribution in [0.2, 0.25) is 0 Å². The molecule has 0 radical (unpaired) electrons. The van der Waals surface area contributed by atoms with E-state index in [1.165, 1.54) is 16.8 Å². The molecule has 0 bridgehead atoms. The first-order valence-corrected chi connectivity index (χ1v) is 6.57. The van der Waals surface area contributed by atoms with Gasteiger partial charge in [-0.1, -0.05) is 31.2 Å². The number of hydrogen-bond acceptors (Lipinski definition) is 2. The second-order valence-electron chi connectivity index (χ2n) is 4.50. The Morgan fingerprint density at radius 3 is 2.61 bits per heavy atom. The summed E-state index contributed by atoms with van der Waals surface area (Å²) >= 11 is 0. The van der Waals surface area contributed by atoms with E-state index >= 15 is 0 Å². The molecule has 1 aromatic carbocycles. The first kappa shape index (κ1) is 12.8. The van der Waals surface area contributed by atoms with Crippen molar-refractivity contribution in [2.45, 2.75) is 26.8 Å². The van der Waals surface area contributed by atoms with Gasteiger partial charge in [-0.25, -0.2) is 0 Å².